The van der Waals surface area contributed by atoms with Gasteiger partial charge in [0.2, 0.25) is 0 Å². The van der Waals surface area contributed by atoms with E-state index >= 15 is 4.39 Å². The van der Waals surface area contributed by atoms with Gasteiger partial charge >= 0.3 is 28.2 Å². The Balaban J connectivity index is 2.11. The maximum atomic E-state index is 15.3. The van der Waals surface area contributed by atoms with Crippen LogP contribution >= 0.6 is 11.3 Å². The van der Waals surface area contributed by atoms with Crippen molar-refractivity contribution in [1.29, 1.82) is 0 Å². The van der Waals surface area contributed by atoms with Crippen LogP contribution in [0.25, 0.3) is 11.1 Å². The number of hydrogen-bond acceptors (Lipinski definition) is 7. The molecule has 15 heteroatoms. The van der Waals surface area contributed by atoms with Crippen LogP contribution in [0, 0.1) is 11.7 Å². The highest BCUT2D eigenvalue weighted by molar-refractivity contribution is 7.91. The second-order valence-electron chi connectivity index (χ2n) is 9.48. The lowest BCUT2D eigenvalue weighted by Crippen LogP contribution is -2.47. The molecule has 1 N–H and O–H groups in total. The summed E-state index contributed by atoms with van der Waals surface area (Å²) < 4.78 is 82.2. The third-order valence-corrected chi connectivity index (χ3v) is 8.92. The lowest BCUT2D eigenvalue weighted by molar-refractivity contribution is -0.216. The molecule has 9 nitrogen and oxygen atoms in total. The van der Waals surface area contributed by atoms with Crippen molar-refractivity contribution in [3.8, 4) is 11.1 Å². The highest BCUT2D eigenvalue weighted by atomic mass is 32.2. The van der Waals surface area contributed by atoms with Crippen LogP contribution in [-0.4, -0.2) is 47.2 Å². The van der Waals surface area contributed by atoms with Crippen molar-refractivity contribution in [2.45, 2.75) is 63.9 Å². The average molecular weight is 619 g/mol. The van der Waals surface area contributed by atoms with Gasteiger partial charge in [-0.1, -0.05) is 39.8 Å². The van der Waals surface area contributed by atoms with Gasteiger partial charge in [-0.05, 0) is 40.9 Å². The first kappa shape index (κ1) is 32.1. The minimum Gasteiger partial charge on any atom is -0.335 e. The lowest BCUT2D eigenvalue weighted by atomic mass is 10.0. The fourth-order valence-electron chi connectivity index (χ4n) is 3.84. The van der Waals surface area contributed by atoms with E-state index in [0.29, 0.717) is 41.0 Å². The third-order valence-electron chi connectivity index (χ3n) is 5.72. The van der Waals surface area contributed by atoms with E-state index in [4.69, 9.17) is 0 Å². The fourth-order valence-corrected chi connectivity index (χ4v) is 6.96. The van der Waals surface area contributed by atoms with Crippen molar-refractivity contribution in [3.05, 3.63) is 58.7 Å². The number of hydrogen-bond donors (Lipinski definition) is 1. The molecule has 3 rings (SSSR count). The summed E-state index contributed by atoms with van der Waals surface area (Å²) in [6.07, 6.45) is -0.945. The largest absolute Gasteiger partial charge is 0.493 e. The Labute approximate surface area is 239 Å². The molecule has 41 heavy (non-hydrogen) atoms. The molecule has 0 fully saturated rings. The molecule has 3 aromatic rings. The number of urea groups is 1. The zero-order chi connectivity index (χ0) is 30.5. The van der Waals surface area contributed by atoms with Crippen molar-refractivity contribution in [3.63, 3.8) is 0 Å². The second-order valence-corrected chi connectivity index (χ2v) is 12.6. The molecule has 0 radical (unpaired) electrons. The Morgan fingerprint density at radius 2 is 1.90 bits per heavy atom. The van der Waals surface area contributed by atoms with Gasteiger partial charge in [0.05, 0.1) is 6.54 Å². The van der Waals surface area contributed by atoms with E-state index in [0.717, 1.165) is 11.9 Å². The minimum absolute atomic E-state index is 0.0515. The molecule has 2 heterocycles. The summed E-state index contributed by atoms with van der Waals surface area (Å²) >= 11 is 0.696. The predicted octanol–water partition coefficient (Wildman–Crippen LogP) is 5.69. The number of imidazole rings is 1. The number of thiophene rings is 1. The second kappa shape index (κ2) is 13.0. The first-order valence-electron chi connectivity index (χ1n) is 12.7. The van der Waals surface area contributed by atoms with Crippen LogP contribution in [0.15, 0.2) is 40.9 Å². The monoisotopic (exact) mass is 618 g/mol. The van der Waals surface area contributed by atoms with Crippen LogP contribution in [-0.2, 0) is 39.0 Å². The number of carbonyl (C=O) groups is 2. The Morgan fingerprint density at radius 3 is 2.49 bits per heavy atom. The number of aryl methyl sites for hydroxylation is 1. The molecule has 0 aliphatic carbocycles. The van der Waals surface area contributed by atoms with E-state index in [1.807, 2.05) is 20.8 Å². The number of benzene rings is 1. The van der Waals surface area contributed by atoms with Crippen LogP contribution in [0.4, 0.5) is 22.4 Å². The first-order chi connectivity index (χ1) is 19.2. The summed E-state index contributed by atoms with van der Waals surface area (Å²) in [6, 6.07) is 3.95. The van der Waals surface area contributed by atoms with E-state index in [1.165, 1.54) is 18.2 Å². The quantitative estimate of drug-likeness (QED) is 0.231. The number of rotatable bonds is 10. The lowest BCUT2D eigenvalue weighted by Gasteiger charge is -2.21. The number of alkyl halides is 3. The Bertz CT molecular complexity index is 1500. The topological polar surface area (TPSA) is 111 Å². The fraction of sp³-hybridized carbons (Fsp3) is 0.423. The molecule has 0 spiro atoms. The Hall–Kier alpha value is -3.46. The van der Waals surface area contributed by atoms with Gasteiger partial charge in [0.25, 0.3) is 0 Å². The Morgan fingerprint density at radius 1 is 1.20 bits per heavy atom. The summed E-state index contributed by atoms with van der Waals surface area (Å²) in [5.41, 5.74) is 0.348. The number of aromatic nitrogens is 2. The predicted molar refractivity (Wildman–Crippen MR) is 144 cm³/mol. The smallest absolute Gasteiger partial charge is 0.335 e. The molecule has 224 valence electrons. The van der Waals surface area contributed by atoms with Gasteiger partial charge < -0.3 is 14.7 Å². The van der Waals surface area contributed by atoms with E-state index in [9.17, 15) is 31.2 Å². The van der Waals surface area contributed by atoms with E-state index in [-0.39, 0.29) is 30.1 Å². The van der Waals surface area contributed by atoms with Gasteiger partial charge in [-0.2, -0.15) is 21.6 Å². The van der Waals surface area contributed by atoms with Crippen LogP contribution in [0.5, 0.6) is 0 Å². The molecule has 2 amide bonds. The van der Waals surface area contributed by atoms with Crippen molar-refractivity contribution in [1.82, 2.24) is 19.3 Å². The van der Waals surface area contributed by atoms with Crippen LogP contribution in [0.2, 0.25) is 0 Å². The van der Waals surface area contributed by atoms with Gasteiger partial charge in [-0.3, -0.25) is 0 Å². The van der Waals surface area contributed by atoms with Gasteiger partial charge in [0.1, 0.15) is 11.6 Å². The zero-order valence-corrected chi connectivity index (χ0v) is 24.4. The van der Waals surface area contributed by atoms with Crippen molar-refractivity contribution >= 4 is 33.4 Å². The zero-order valence-electron chi connectivity index (χ0n) is 22.8. The standard InChI is InChI=1S/C26H30F4N4O5S2/c1-5-9-32-25(36)34(39-24(35)26(28,29)30)41(37,38)23-20(14-19(40-23)12-16(3)4)17-7-8-18(21(27)13-17)15-33-11-10-31-22(33)6-2/h7-8,10-11,13-14,16H,5-6,9,12,15H2,1-4H3,(H,32,36). The number of hydroxylamine groups is 1. The highest BCUT2D eigenvalue weighted by Crippen LogP contribution is 2.39. The molecule has 0 saturated heterocycles. The molecule has 0 atom stereocenters. The molecule has 2 aromatic heterocycles. The van der Waals surface area contributed by atoms with Crippen LogP contribution in [0.1, 0.15) is 50.4 Å². The minimum atomic E-state index is -5.58. The number of nitrogens with zero attached hydrogens (tertiary/aromatic N) is 3. The Kier molecular flexibility index (Phi) is 10.2. The van der Waals surface area contributed by atoms with Gasteiger partial charge in [0.15, 0.2) is 4.21 Å². The van der Waals surface area contributed by atoms with Gasteiger partial charge in [-0.15, -0.1) is 11.3 Å². The van der Waals surface area contributed by atoms with E-state index in [1.54, 1.807) is 23.9 Å². The number of nitrogens with one attached hydrogen (secondary N) is 1. The van der Waals surface area contributed by atoms with Crippen molar-refractivity contribution in [2.75, 3.05) is 6.54 Å². The summed E-state index contributed by atoms with van der Waals surface area (Å²) in [4.78, 5) is 33.1. The summed E-state index contributed by atoms with van der Waals surface area (Å²) in [5, 5.41) is 2.11. The molecule has 1 aromatic carbocycles. The van der Waals surface area contributed by atoms with Gasteiger partial charge in [0, 0.05) is 41.4 Å². The maximum Gasteiger partial charge on any atom is 0.493 e. The van der Waals surface area contributed by atoms with Crippen molar-refractivity contribution < 1.29 is 40.4 Å². The summed E-state index contributed by atoms with van der Waals surface area (Å²) in [6.45, 7) is 7.35. The SMILES string of the molecule is CCCNC(=O)N(OC(=O)C(F)(F)F)S(=O)(=O)c1sc(CC(C)C)cc1-c1ccc(Cn2ccnc2CC)c(F)c1. The highest BCUT2D eigenvalue weighted by Gasteiger charge is 2.47. The molecule has 0 saturated carbocycles. The van der Waals surface area contributed by atoms with E-state index in [2.05, 4.69) is 15.1 Å². The maximum absolute atomic E-state index is 15.3. The number of carbonyl (C=O) groups excluding carboxylic acids is 2. The number of halogens is 4. The summed E-state index contributed by atoms with van der Waals surface area (Å²) in [5.74, 6) is -2.74. The molecule has 0 unspecified atom stereocenters. The molecule has 0 bridgehead atoms. The number of sulfonamides is 1. The normalized spacial score (nSPS) is 12.0. The molecular weight excluding hydrogens is 588 g/mol. The molecule has 0 aliphatic rings. The van der Waals surface area contributed by atoms with E-state index < -0.39 is 42.7 Å². The number of amides is 2. The third kappa shape index (κ3) is 7.64. The summed E-state index contributed by atoms with van der Waals surface area (Å²) in [7, 11) is -5.19. The van der Waals surface area contributed by atoms with Crippen molar-refractivity contribution in [2.24, 2.45) is 5.92 Å². The van der Waals surface area contributed by atoms with Crippen LogP contribution in [0.3, 0.4) is 0 Å². The molecule has 0 aliphatic heterocycles. The average Bonchev–Trinajstić information content (AvgIpc) is 3.52. The van der Waals surface area contributed by atoms with Crippen LogP contribution < -0.4 is 5.32 Å². The molecular formula is C26H30F4N4O5S2. The van der Waals surface area contributed by atoms with Gasteiger partial charge in [-0.25, -0.2) is 19.0 Å². The first-order valence-corrected chi connectivity index (χ1v) is 15.0.